The number of halogens is 2. The van der Waals surface area contributed by atoms with Crippen LogP contribution in [-0.4, -0.2) is 32.4 Å². The highest BCUT2D eigenvalue weighted by Crippen LogP contribution is 2.27. The Balaban J connectivity index is 1.88. The highest BCUT2D eigenvalue weighted by molar-refractivity contribution is 7.89. The summed E-state index contributed by atoms with van der Waals surface area (Å²) in [4.78, 5) is -0.521. The number of hydrogen-bond donors (Lipinski definition) is 0. The number of hydrogen-bond acceptors (Lipinski definition) is 3. The molecule has 0 bridgehead atoms. The molecule has 1 atom stereocenters. The molecule has 0 amide bonds. The predicted molar refractivity (Wildman–Crippen MR) is 80.3 cm³/mol. The topological polar surface area (TPSA) is 46.6 Å². The van der Waals surface area contributed by atoms with Crippen LogP contribution in [0.4, 0.5) is 8.78 Å². The van der Waals surface area contributed by atoms with Gasteiger partial charge in [0.15, 0.2) is 0 Å². The average molecular weight is 339 g/mol. The molecule has 1 unspecified atom stereocenters. The first-order valence-corrected chi connectivity index (χ1v) is 8.54. The highest BCUT2D eigenvalue weighted by atomic mass is 32.2. The van der Waals surface area contributed by atoms with Crippen molar-refractivity contribution in [3.63, 3.8) is 0 Å². The molecule has 0 aromatic heterocycles. The van der Waals surface area contributed by atoms with E-state index < -0.39 is 32.7 Å². The van der Waals surface area contributed by atoms with E-state index in [1.54, 1.807) is 0 Å². The molecule has 23 heavy (non-hydrogen) atoms. The molecule has 2 aromatic rings. The van der Waals surface area contributed by atoms with Gasteiger partial charge in [-0.05, 0) is 17.7 Å². The molecule has 1 heterocycles. The Hall–Kier alpha value is -1.83. The first kappa shape index (κ1) is 16.0. The first-order chi connectivity index (χ1) is 11.0. The number of nitrogens with zero attached hydrogens (tertiary/aromatic N) is 1. The van der Waals surface area contributed by atoms with Crippen LogP contribution in [0.1, 0.15) is 11.7 Å². The van der Waals surface area contributed by atoms with Crippen molar-refractivity contribution in [2.45, 2.75) is 11.0 Å². The van der Waals surface area contributed by atoms with Gasteiger partial charge in [-0.3, -0.25) is 0 Å². The molecular weight excluding hydrogens is 324 g/mol. The van der Waals surface area contributed by atoms with Crippen LogP contribution < -0.4 is 0 Å². The van der Waals surface area contributed by atoms with Crippen LogP contribution in [0.25, 0.3) is 0 Å². The van der Waals surface area contributed by atoms with Crippen LogP contribution in [-0.2, 0) is 14.8 Å². The number of benzene rings is 2. The van der Waals surface area contributed by atoms with E-state index in [2.05, 4.69) is 0 Å². The Morgan fingerprint density at radius 3 is 2.52 bits per heavy atom. The van der Waals surface area contributed by atoms with Gasteiger partial charge in [0.1, 0.15) is 16.5 Å². The SMILES string of the molecule is O=S(=O)(c1ccc(F)cc1F)N1CCOC(c2ccccc2)C1. The lowest BCUT2D eigenvalue weighted by Crippen LogP contribution is -2.42. The highest BCUT2D eigenvalue weighted by Gasteiger charge is 2.33. The maximum atomic E-state index is 13.8. The fourth-order valence-corrected chi connectivity index (χ4v) is 4.01. The number of ether oxygens (including phenoxy) is 1. The van der Waals surface area contributed by atoms with E-state index in [1.807, 2.05) is 30.3 Å². The van der Waals surface area contributed by atoms with Gasteiger partial charge in [0.2, 0.25) is 10.0 Å². The molecule has 122 valence electrons. The van der Waals surface area contributed by atoms with E-state index in [0.717, 1.165) is 17.7 Å². The van der Waals surface area contributed by atoms with Gasteiger partial charge < -0.3 is 4.74 Å². The van der Waals surface area contributed by atoms with Crippen molar-refractivity contribution in [3.05, 3.63) is 65.7 Å². The second kappa shape index (κ2) is 6.35. The van der Waals surface area contributed by atoms with Gasteiger partial charge in [0.25, 0.3) is 0 Å². The molecule has 1 aliphatic heterocycles. The van der Waals surface area contributed by atoms with Gasteiger partial charge >= 0.3 is 0 Å². The van der Waals surface area contributed by atoms with E-state index in [-0.39, 0.29) is 19.7 Å². The van der Waals surface area contributed by atoms with E-state index in [0.29, 0.717) is 6.07 Å². The largest absolute Gasteiger partial charge is 0.371 e. The van der Waals surface area contributed by atoms with Crippen LogP contribution in [0.3, 0.4) is 0 Å². The van der Waals surface area contributed by atoms with Gasteiger partial charge in [-0.2, -0.15) is 4.31 Å². The Bertz CT molecular complexity index is 796. The van der Waals surface area contributed by atoms with Gasteiger partial charge in [0, 0.05) is 19.2 Å². The van der Waals surface area contributed by atoms with Crippen LogP contribution in [0.5, 0.6) is 0 Å². The normalized spacial score (nSPS) is 19.7. The maximum absolute atomic E-state index is 13.8. The van der Waals surface area contributed by atoms with E-state index in [4.69, 9.17) is 4.74 Å². The van der Waals surface area contributed by atoms with Gasteiger partial charge in [-0.1, -0.05) is 30.3 Å². The molecule has 0 saturated carbocycles. The fourth-order valence-electron chi connectivity index (χ4n) is 2.54. The van der Waals surface area contributed by atoms with Crippen molar-refractivity contribution in [3.8, 4) is 0 Å². The zero-order valence-electron chi connectivity index (χ0n) is 12.2. The van der Waals surface area contributed by atoms with Gasteiger partial charge in [-0.15, -0.1) is 0 Å². The summed E-state index contributed by atoms with van der Waals surface area (Å²) in [7, 11) is -4.04. The third-order valence-corrected chi connectivity index (χ3v) is 5.61. The predicted octanol–water partition coefficient (Wildman–Crippen LogP) is 2.73. The lowest BCUT2D eigenvalue weighted by molar-refractivity contribution is -0.00261. The first-order valence-electron chi connectivity index (χ1n) is 7.10. The minimum atomic E-state index is -4.04. The van der Waals surface area contributed by atoms with Crippen molar-refractivity contribution in [1.29, 1.82) is 0 Å². The summed E-state index contributed by atoms with van der Waals surface area (Å²) in [5, 5.41) is 0. The summed E-state index contributed by atoms with van der Waals surface area (Å²) < 4.78 is 58.8. The van der Waals surface area contributed by atoms with Gasteiger partial charge in [0.05, 0.1) is 12.7 Å². The summed E-state index contributed by atoms with van der Waals surface area (Å²) in [5.74, 6) is -1.90. The van der Waals surface area contributed by atoms with Crippen molar-refractivity contribution >= 4 is 10.0 Å². The number of sulfonamides is 1. The molecule has 0 radical (unpaired) electrons. The van der Waals surface area contributed by atoms with E-state index >= 15 is 0 Å². The summed E-state index contributed by atoms with van der Waals surface area (Å²) in [5.41, 5.74) is 0.854. The maximum Gasteiger partial charge on any atom is 0.246 e. The second-order valence-electron chi connectivity index (χ2n) is 5.21. The standard InChI is InChI=1S/C16H15F2NO3S/c17-13-6-7-16(14(18)10-13)23(20,21)19-8-9-22-15(11-19)12-4-2-1-3-5-12/h1-7,10,15H,8-9,11H2. The average Bonchev–Trinajstić information content (AvgIpc) is 2.55. The Kier molecular flexibility index (Phi) is 4.43. The van der Waals surface area contributed by atoms with E-state index in [9.17, 15) is 17.2 Å². The molecule has 0 spiro atoms. The second-order valence-corrected chi connectivity index (χ2v) is 7.11. The Labute approximate surface area is 133 Å². The molecular formula is C16H15F2NO3S. The van der Waals surface area contributed by atoms with Gasteiger partial charge in [-0.25, -0.2) is 17.2 Å². The lowest BCUT2D eigenvalue weighted by atomic mass is 10.1. The quantitative estimate of drug-likeness (QED) is 0.864. The molecule has 1 aliphatic rings. The zero-order valence-corrected chi connectivity index (χ0v) is 13.0. The van der Waals surface area contributed by atoms with Crippen LogP contribution >= 0.6 is 0 Å². The van der Waals surface area contributed by atoms with Crippen molar-refractivity contribution < 1.29 is 21.9 Å². The summed E-state index contributed by atoms with van der Waals surface area (Å²) in [6.45, 7) is 0.424. The fraction of sp³-hybridized carbons (Fsp3) is 0.250. The van der Waals surface area contributed by atoms with Crippen molar-refractivity contribution in [1.82, 2.24) is 4.31 Å². The molecule has 7 heteroatoms. The zero-order chi connectivity index (χ0) is 16.4. The molecule has 1 fully saturated rings. The summed E-state index contributed by atoms with van der Waals surface area (Å²) in [6, 6.07) is 11.7. The molecule has 0 aliphatic carbocycles. The monoisotopic (exact) mass is 339 g/mol. The van der Waals surface area contributed by atoms with Crippen LogP contribution in [0.15, 0.2) is 53.4 Å². The molecule has 4 nitrogen and oxygen atoms in total. The molecule has 2 aromatic carbocycles. The molecule has 0 N–H and O–H groups in total. The summed E-state index contributed by atoms with van der Waals surface area (Å²) in [6.07, 6.45) is -0.414. The number of morpholine rings is 1. The van der Waals surface area contributed by atoms with Crippen molar-refractivity contribution in [2.24, 2.45) is 0 Å². The van der Waals surface area contributed by atoms with Crippen LogP contribution in [0.2, 0.25) is 0 Å². The molecule has 1 saturated heterocycles. The third kappa shape index (κ3) is 3.26. The lowest BCUT2D eigenvalue weighted by Gasteiger charge is -2.32. The Morgan fingerprint density at radius 2 is 1.83 bits per heavy atom. The smallest absolute Gasteiger partial charge is 0.246 e. The Morgan fingerprint density at radius 1 is 1.09 bits per heavy atom. The van der Waals surface area contributed by atoms with Crippen LogP contribution in [0, 0.1) is 11.6 Å². The minimum absolute atomic E-state index is 0.0865. The minimum Gasteiger partial charge on any atom is -0.371 e. The van der Waals surface area contributed by atoms with E-state index in [1.165, 1.54) is 4.31 Å². The number of rotatable bonds is 3. The molecule has 3 rings (SSSR count). The summed E-state index contributed by atoms with van der Waals surface area (Å²) >= 11 is 0. The third-order valence-electron chi connectivity index (χ3n) is 3.71. The van der Waals surface area contributed by atoms with Crippen molar-refractivity contribution in [2.75, 3.05) is 19.7 Å².